The van der Waals surface area contributed by atoms with Gasteiger partial charge in [0.15, 0.2) is 0 Å². The first-order valence-corrected chi connectivity index (χ1v) is 8.24. The number of phenolic OH excluding ortho intramolecular Hbond substituents is 1. The maximum atomic E-state index is 11.7. The average Bonchev–Trinajstić information content (AvgIpc) is 2.57. The molecule has 0 fully saturated rings. The lowest BCUT2D eigenvalue weighted by molar-refractivity contribution is -0.148. The van der Waals surface area contributed by atoms with Gasteiger partial charge in [-0.3, -0.25) is 4.79 Å². The largest absolute Gasteiger partial charge is 0.508 e. The number of ether oxygens (including phenoxy) is 1. The molecule has 26 heavy (non-hydrogen) atoms. The van der Waals surface area contributed by atoms with Crippen molar-refractivity contribution >= 4 is 17.6 Å². The Hall–Kier alpha value is -3.02. The van der Waals surface area contributed by atoms with Crippen LogP contribution >= 0.6 is 0 Å². The number of nitrogens with zero attached hydrogens (tertiary/aromatic N) is 1. The summed E-state index contributed by atoms with van der Waals surface area (Å²) in [5, 5.41) is 18.6. The van der Waals surface area contributed by atoms with E-state index in [9.17, 15) is 14.7 Å². The zero-order valence-corrected chi connectivity index (χ0v) is 15.5. The smallest absolute Gasteiger partial charge is 0.394 e. The average molecular weight is 357 g/mol. The van der Waals surface area contributed by atoms with Gasteiger partial charge in [-0.05, 0) is 61.2 Å². The van der Waals surface area contributed by atoms with Crippen molar-refractivity contribution in [2.45, 2.75) is 33.6 Å². The van der Waals surface area contributed by atoms with Gasteiger partial charge in [-0.25, -0.2) is 4.79 Å². The van der Waals surface area contributed by atoms with Crippen LogP contribution in [-0.2, 0) is 9.59 Å². The zero-order chi connectivity index (χ0) is 19.6. The van der Waals surface area contributed by atoms with Crippen LogP contribution in [-0.4, -0.2) is 29.1 Å². The Kier molecular flexibility index (Phi) is 5.55. The van der Waals surface area contributed by atoms with E-state index in [1.807, 2.05) is 27.7 Å². The van der Waals surface area contributed by atoms with Crippen LogP contribution in [0.15, 0.2) is 30.3 Å². The van der Waals surface area contributed by atoms with Gasteiger partial charge in [0.1, 0.15) is 17.2 Å². The number of carboxylic acids is 1. The van der Waals surface area contributed by atoms with Gasteiger partial charge in [-0.1, -0.05) is 13.8 Å². The molecule has 2 N–H and O–H groups in total. The number of aromatic hydroxyl groups is 1. The number of likely N-dealkylation sites (N-methyl/N-ethyl adjacent to an activating group) is 1. The van der Waals surface area contributed by atoms with Crippen LogP contribution in [0.5, 0.6) is 17.2 Å². The standard InChI is InChI=1S/C20H23NO5/c1-11(2)16-10-15(22)6-7-17(16)26-18-12(3)8-14(9-13(18)4)21(5)19(23)20(24)25/h6-11,22H,1-5H3,(H,24,25). The van der Waals surface area contributed by atoms with Crippen molar-refractivity contribution in [1.82, 2.24) is 0 Å². The van der Waals surface area contributed by atoms with Crippen LogP contribution < -0.4 is 9.64 Å². The molecule has 2 aromatic carbocycles. The molecule has 0 bridgehead atoms. The van der Waals surface area contributed by atoms with E-state index >= 15 is 0 Å². The molecule has 6 heteroatoms. The number of hydrogen-bond acceptors (Lipinski definition) is 4. The molecule has 0 saturated heterocycles. The van der Waals surface area contributed by atoms with Crippen molar-refractivity contribution in [2.75, 3.05) is 11.9 Å². The fourth-order valence-electron chi connectivity index (χ4n) is 2.73. The zero-order valence-electron chi connectivity index (χ0n) is 15.5. The number of aliphatic carboxylic acids is 1. The highest BCUT2D eigenvalue weighted by atomic mass is 16.5. The van der Waals surface area contributed by atoms with Crippen LogP contribution in [0, 0.1) is 13.8 Å². The minimum absolute atomic E-state index is 0.163. The molecular formula is C20H23NO5. The maximum absolute atomic E-state index is 11.7. The van der Waals surface area contributed by atoms with E-state index in [1.54, 1.807) is 30.3 Å². The summed E-state index contributed by atoms with van der Waals surface area (Å²) in [6, 6.07) is 8.38. The Morgan fingerprint density at radius 3 is 2.15 bits per heavy atom. The summed E-state index contributed by atoms with van der Waals surface area (Å²) >= 11 is 0. The molecule has 6 nitrogen and oxygen atoms in total. The molecular weight excluding hydrogens is 334 g/mol. The molecule has 138 valence electrons. The van der Waals surface area contributed by atoms with Crippen LogP contribution in [0.4, 0.5) is 5.69 Å². The molecule has 0 aromatic heterocycles. The first-order valence-electron chi connectivity index (χ1n) is 8.24. The minimum atomic E-state index is -1.51. The van der Waals surface area contributed by atoms with E-state index < -0.39 is 11.9 Å². The Balaban J connectivity index is 2.41. The van der Waals surface area contributed by atoms with Crippen molar-refractivity contribution in [3.8, 4) is 17.2 Å². The second-order valence-electron chi connectivity index (χ2n) is 6.56. The number of carbonyl (C=O) groups excluding carboxylic acids is 1. The van der Waals surface area contributed by atoms with E-state index in [-0.39, 0.29) is 11.7 Å². The first kappa shape index (κ1) is 19.3. The number of aryl methyl sites for hydroxylation is 2. The fourth-order valence-corrected chi connectivity index (χ4v) is 2.73. The third-order valence-corrected chi connectivity index (χ3v) is 4.15. The van der Waals surface area contributed by atoms with E-state index in [1.165, 1.54) is 7.05 Å². The normalized spacial score (nSPS) is 10.7. The van der Waals surface area contributed by atoms with Crippen LogP contribution in [0.3, 0.4) is 0 Å². The number of carboxylic acid groups (broad SMARTS) is 1. The number of amides is 1. The summed E-state index contributed by atoms with van der Waals surface area (Å²) in [4.78, 5) is 23.6. The van der Waals surface area contributed by atoms with Gasteiger partial charge in [0.25, 0.3) is 0 Å². The number of hydrogen-bond donors (Lipinski definition) is 2. The third kappa shape index (κ3) is 3.96. The maximum Gasteiger partial charge on any atom is 0.394 e. The number of rotatable bonds is 4. The summed E-state index contributed by atoms with van der Waals surface area (Å²) in [5.74, 6) is -0.883. The van der Waals surface area contributed by atoms with Crippen molar-refractivity contribution in [3.05, 3.63) is 47.0 Å². The quantitative estimate of drug-likeness (QED) is 0.809. The molecule has 0 aliphatic heterocycles. The SMILES string of the molecule is Cc1cc(N(C)C(=O)C(=O)O)cc(C)c1Oc1ccc(O)cc1C(C)C. The molecule has 0 aliphatic rings. The highest BCUT2D eigenvalue weighted by Crippen LogP contribution is 2.37. The van der Waals surface area contributed by atoms with Crippen LogP contribution in [0.2, 0.25) is 0 Å². The van der Waals surface area contributed by atoms with Gasteiger partial charge < -0.3 is 19.8 Å². The van der Waals surface area contributed by atoms with E-state index in [4.69, 9.17) is 9.84 Å². The lowest BCUT2D eigenvalue weighted by atomic mass is 10.0. The van der Waals surface area contributed by atoms with Crippen LogP contribution in [0.1, 0.15) is 36.5 Å². The number of phenols is 1. The van der Waals surface area contributed by atoms with Gasteiger partial charge in [0.2, 0.25) is 0 Å². The third-order valence-electron chi connectivity index (χ3n) is 4.15. The molecule has 2 rings (SSSR count). The summed E-state index contributed by atoms with van der Waals surface area (Å²) in [5.41, 5.74) is 2.90. The van der Waals surface area contributed by atoms with Gasteiger partial charge in [0.05, 0.1) is 0 Å². The predicted octanol–water partition coefficient (Wildman–Crippen LogP) is 3.97. The van der Waals surface area contributed by atoms with Gasteiger partial charge in [-0.2, -0.15) is 0 Å². The monoisotopic (exact) mass is 357 g/mol. The Labute approximate surface area is 152 Å². The van der Waals surface area contributed by atoms with Gasteiger partial charge in [0, 0.05) is 18.3 Å². The Morgan fingerprint density at radius 2 is 1.65 bits per heavy atom. The van der Waals surface area contributed by atoms with Crippen LogP contribution in [0.25, 0.3) is 0 Å². The summed E-state index contributed by atoms with van der Waals surface area (Å²) in [7, 11) is 1.42. The highest BCUT2D eigenvalue weighted by molar-refractivity contribution is 6.37. The molecule has 0 saturated carbocycles. The second kappa shape index (κ2) is 7.47. The molecule has 2 aromatic rings. The number of anilines is 1. The van der Waals surface area contributed by atoms with Crippen molar-refractivity contribution in [3.63, 3.8) is 0 Å². The van der Waals surface area contributed by atoms with Gasteiger partial charge in [-0.15, -0.1) is 0 Å². The van der Waals surface area contributed by atoms with E-state index in [2.05, 4.69) is 0 Å². The summed E-state index contributed by atoms with van der Waals surface area (Å²) in [6.45, 7) is 7.69. The van der Waals surface area contributed by atoms with Gasteiger partial charge >= 0.3 is 11.9 Å². The number of carbonyl (C=O) groups is 2. The van der Waals surface area contributed by atoms with Crippen molar-refractivity contribution in [1.29, 1.82) is 0 Å². The lowest BCUT2D eigenvalue weighted by Gasteiger charge is -2.20. The molecule has 0 atom stereocenters. The number of benzene rings is 2. The molecule has 0 spiro atoms. The molecule has 0 radical (unpaired) electrons. The Bertz CT molecular complexity index is 834. The lowest BCUT2D eigenvalue weighted by Crippen LogP contribution is -2.33. The van der Waals surface area contributed by atoms with E-state index in [0.29, 0.717) is 17.2 Å². The minimum Gasteiger partial charge on any atom is -0.508 e. The van der Waals surface area contributed by atoms with E-state index in [0.717, 1.165) is 21.6 Å². The molecule has 0 aliphatic carbocycles. The fraction of sp³-hybridized carbons (Fsp3) is 0.300. The molecule has 0 unspecified atom stereocenters. The molecule has 1 amide bonds. The molecule has 0 heterocycles. The Morgan fingerprint density at radius 1 is 1.08 bits per heavy atom. The summed E-state index contributed by atoms with van der Waals surface area (Å²) < 4.78 is 6.10. The first-order chi connectivity index (χ1) is 12.1. The predicted molar refractivity (Wildman–Crippen MR) is 99.2 cm³/mol. The topological polar surface area (TPSA) is 87.1 Å². The van der Waals surface area contributed by atoms with Crippen molar-refractivity contribution < 1.29 is 24.5 Å². The highest BCUT2D eigenvalue weighted by Gasteiger charge is 2.20. The van der Waals surface area contributed by atoms with Crippen molar-refractivity contribution in [2.24, 2.45) is 0 Å². The second-order valence-corrected chi connectivity index (χ2v) is 6.56. The summed E-state index contributed by atoms with van der Waals surface area (Å²) in [6.07, 6.45) is 0.